The number of hydrogen-bond acceptors (Lipinski definition) is 6. The third-order valence-corrected chi connectivity index (χ3v) is 6.03. The minimum atomic E-state index is -0.852. The summed E-state index contributed by atoms with van der Waals surface area (Å²) in [5, 5.41) is 6.77. The van der Waals surface area contributed by atoms with Crippen molar-refractivity contribution in [2.24, 2.45) is 11.5 Å². The Morgan fingerprint density at radius 3 is 2.76 bits per heavy atom. The van der Waals surface area contributed by atoms with Gasteiger partial charge in [-0.25, -0.2) is 13.8 Å². The van der Waals surface area contributed by atoms with E-state index < -0.39 is 17.5 Å². The number of nitrogens with one attached hydrogen (secondary N) is 2. The number of hydrogen-bond donors (Lipinski definition) is 4. The number of primary amides is 1. The number of carbonyl (C=O) groups excluding carboxylic acids is 1. The highest BCUT2D eigenvalue weighted by atomic mass is 19.1. The van der Waals surface area contributed by atoms with Crippen LogP contribution in [0.1, 0.15) is 36.0 Å². The molecule has 4 rings (SSSR count). The predicted octanol–water partition coefficient (Wildman–Crippen LogP) is 3.49. The van der Waals surface area contributed by atoms with E-state index in [2.05, 4.69) is 15.6 Å². The Hall–Kier alpha value is -3.24. The summed E-state index contributed by atoms with van der Waals surface area (Å²) in [4.78, 5) is 16.3. The monoisotopic (exact) mass is 458 g/mol. The molecule has 1 aliphatic rings. The summed E-state index contributed by atoms with van der Waals surface area (Å²) < 4.78 is 36.2. The van der Waals surface area contributed by atoms with Crippen LogP contribution in [-0.2, 0) is 11.3 Å². The Morgan fingerprint density at radius 1 is 1.24 bits per heavy atom. The molecule has 33 heavy (non-hydrogen) atoms. The maximum Gasteiger partial charge on any atom is 0.252 e. The second-order valence-electron chi connectivity index (χ2n) is 8.29. The van der Waals surface area contributed by atoms with Crippen molar-refractivity contribution in [2.75, 3.05) is 24.4 Å². The average molecular weight is 459 g/mol. The molecule has 0 aliphatic heterocycles. The molecule has 0 bridgehead atoms. The number of amides is 1. The standard InChI is InChI=1S/C23H28F2N6O2/c1-33-9-8-31-7-6-14-19(10-13(24)11-20(14)31)29-22-15(21(27)32)12-16(25)23(30-22)28-18-5-3-2-4-17(18)26/h6-7,10-12,17-18H,2-5,8-9,26H2,1H3,(H2,27,32)(H2,28,29,30). The fourth-order valence-corrected chi connectivity index (χ4v) is 4.26. The molecular weight excluding hydrogens is 430 g/mol. The minimum absolute atomic E-state index is 0.0323. The molecule has 1 aliphatic carbocycles. The summed E-state index contributed by atoms with van der Waals surface area (Å²) in [7, 11) is 1.59. The van der Waals surface area contributed by atoms with E-state index in [-0.39, 0.29) is 29.3 Å². The van der Waals surface area contributed by atoms with Gasteiger partial charge in [0, 0.05) is 37.3 Å². The van der Waals surface area contributed by atoms with E-state index in [1.54, 1.807) is 7.11 Å². The highest BCUT2D eigenvalue weighted by Crippen LogP contribution is 2.31. The van der Waals surface area contributed by atoms with Gasteiger partial charge in [0.2, 0.25) is 0 Å². The number of fused-ring (bicyclic) bond motifs is 1. The molecule has 1 saturated carbocycles. The number of carbonyl (C=O) groups is 1. The summed E-state index contributed by atoms with van der Waals surface area (Å²) in [6.07, 6.45) is 5.47. The largest absolute Gasteiger partial charge is 0.383 e. The number of methoxy groups -OCH3 is 1. The van der Waals surface area contributed by atoms with Crippen LogP contribution in [0.15, 0.2) is 30.5 Å². The van der Waals surface area contributed by atoms with Crippen molar-refractivity contribution >= 4 is 34.1 Å². The highest BCUT2D eigenvalue weighted by molar-refractivity contribution is 6.01. The van der Waals surface area contributed by atoms with Crippen molar-refractivity contribution in [1.29, 1.82) is 0 Å². The molecule has 0 spiro atoms. The van der Waals surface area contributed by atoms with E-state index in [1.807, 2.05) is 16.8 Å². The summed E-state index contributed by atoms with van der Waals surface area (Å²) in [6, 6.07) is 5.31. The molecule has 3 aromatic rings. The number of anilines is 3. The first-order valence-corrected chi connectivity index (χ1v) is 10.9. The smallest absolute Gasteiger partial charge is 0.252 e. The van der Waals surface area contributed by atoms with Crippen LogP contribution < -0.4 is 22.1 Å². The lowest BCUT2D eigenvalue weighted by molar-refractivity contribution is 0.100. The summed E-state index contributed by atoms with van der Waals surface area (Å²) in [6.45, 7) is 1.01. The zero-order chi connectivity index (χ0) is 23.5. The lowest BCUT2D eigenvalue weighted by atomic mass is 9.91. The van der Waals surface area contributed by atoms with Gasteiger partial charge in [0.05, 0.1) is 23.4 Å². The van der Waals surface area contributed by atoms with Crippen LogP contribution in [0.5, 0.6) is 0 Å². The first-order valence-electron chi connectivity index (χ1n) is 10.9. The van der Waals surface area contributed by atoms with Crippen molar-refractivity contribution in [1.82, 2.24) is 9.55 Å². The number of pyridine rings is 1. The number of halogens is 2. The maximum absolute atomic E-state index is 14.8. The topological polar surface area (TPSA) is 120 Å². The molecule has 8 nitrogen and oxygen atoms in total. The zero-order valence-electron chi connectivity index (χ0n) is 18.4. The lowest BCUT2D eigenvalue weighted by Gasteiger charge is -2.30. The summed E-state index contributed by atoms with van der Waals surface area (Å²) in [5.41, 5.74) is 12.5. The zero-order valence-corrected chi connectivity index (χ0v) is 18.4. The molecule has 0 saturated heterocycles. The normalized spacial score (nSPS) is 18.4. The first-order chi connectivity index (χ1) is 15.9. The molecule has 2 aromatic heterocycles. The van der Waals surface area contributed by atoms with Gasteiger partial charge in [-0.05, 0) is 37.1 Å². The number of rotatable bonds is 8. The van der Waals surface area contributed by atoms with Crippen molar-refractivity contribution in [3.05, 3.63) is 47.7 Å². The second-order valence-corrected chi connectivity index (χ2v) is 8.29. The van der Waals surface area contributed by atoms with Crippen LogP contribution >= 0.6 is 0 Å². The van der Waals surface area contributed by atoms with E-state index in [4.69, 9.17) is 16.2 Å². The Bertz CT molecular complexity index is 1170. The molecule has 1 amide bonds. The molecule has 2 atom stereocenters. The number of aromatic nitrogens is 2. The Balaban J connectivity index is 1.71. The van der Waals surface area contributed by atoms with Crippen LogP contribution in [0.2, 0.25) is 0 Å². The van der Waals surface area contributed by atoms with Gasteiger partial charge in [0.15, 0.2) is 11.6 Å². The third-order valence-electron chi connectivity index (χ3n) is 6.03. The van der Waals surface area contributed by atoms with E-state index in [0.717, 1.165) is 31.7 Å². The molecule has 2 heterocycles. The van der Waals surface area contributed by atoms with Crippen LogP contribution in [-0.4, -0.2) is 41.3 Å². The predicted molar refractivity (Wildman–Crippen MR) is 124 cm³/mol. The van der Waals surface area contributed by atoms with Gasteiger partial charge in [-0.3, -0.25) is 4.79 Å². The van der Waals surface area contributed by atoms with Crippen molar-refractivity contribution < 1.29 is 18.3 Å². The van der Waals surface area contributed by atoms with Crippen molar-refractivity contribution in [3.63, 3.8) is 0 Å². The molecular formula is C23H28F2N6O2. The van der Waals surface area contributed by atoms with E-state index >= 15 is 0 Å². The second kappa shape index (κ2) is 9.72. The summed E-state index contributed by atoms with van der Waals surface area (Å²) in [5.74, 6) is -2.03. The maximum atomic E-state index is 14.8. The van der Waals surface area contributed by atoms with Gasteiger partial charge >= 0.3 is 0 Å². The van der Waals surface area contributed by atoms with Gasteiger partial charge in [-0.15, -0.1) is 0 Å². The average Bonchev–Trinajstić information content (AvgIpc) is 3.18. The van der Waals surface area contributed by atoms with Crippen LogP contribution in [0.3, 0.4) is 0 Å². The number of nitrogens with zero attached hydrogens (tertiary/aromatic N) is 2. The quantitative estimate of drug-likeness (QED) is 0.410. The SMILES string of the molecule is COCCn1ccc2c(Nc3nc(NC4CCCCC4N)c(F)cc3C(N)=O)cc(F)cc21. The molecule has 1 fully saturated rings. The number of nitrogens with two attached hydrogens (primary N) is 2. The van der Waals surface area contributed by atoms with E-state index in [9.17, 15) is 13.6 Å². The van der Waals surface area contributed by atoms with Crippen LogP contribution in [0, 0.1) is 11.6 Å². The fourth-order valence-electron chi connectivity index (χ4n) is 4.26. The van der Waals surface area contributed by atoms with Crippen LogP contribution in [0.25, 0.3) is 10.9 Å². The van der Waals surface area contributed by atoms with Crippen LogP contribution in [0.4, 0.5) is 26.1 Å². The molecule has 0 radical (unpaired) electrons. The molecule has 1 aromatic carbocycles. The Morgan fingerprint density at radius 2 is 2.03 bits per heavy atom. The molecule has 10 heteroatoms. The number of benzene rings is 1. The number of ether oxygens (including phenoxy) is 1. The summed E-state index contributed by atoms with van der Waals surface area (Å²) >= 11 is 0. The minimum Gasteiger partial charge on any atom is -0.383 e. The van der Waals surface area contributed by atoms with Gasteiger partial charge in [-0.1, -0.05) is 12.8 Å². The highest BCUT2D eigenvalue weighted by Gasteiger charge is 2.25. The Kier molecular flexibility index (Phi) is 6.75. The van der Waals surface area contributed by atoms with Gasteiger partial charge < -0.3 is 31.4 Å². The van der Waals surface area contributed by atoms with Gasteiger partial charge in [-0.2, -0.15) is 0 Å². The van der Waals surface area contributed by atoms with Crippen molar-refractivity contribution in [3.8, 4) is 0 Å². The van der Waals surface area contributed by atoms with Gasteiger partial charge in [0.25, 0.3) is 5.91 Å². The van der Waals surface area contributed by atoms with Crippen molar-refractivity contribution in [2.45, 2.75) is 44.3 Å². The fraction of sp³-hybridized carbons (Fsp3) is 0.391. The van der Waals surface area contributed by atoms with Gasteiger partial charge in [0.1, 0.15) is 11.6 Å². The van der Waals surface area contributed by atoms with E-state index in [1.165, 1.54) is 12.1 Å². The Labute approximate surface area is 190 Å². The third kappa shape index (κ3) is 4.91. The molecule has 2 unspecified atom stereocenters. The van der Waals surface area contributed by atoms with E-state index in [0.29, 0.717) is 29.7 Å². The lowest BCUT2D eigenvalue weighted by Crippen LogP contribution is -2.43. The first kappa shape index (κ1) is 22.9. The molecule has 6 N–H and O–H groups in total. The molecule has 176 valence electrons.